The van der Waals surface area contributed by atoms with Crippen molar-refractivity contribution in [3.8, 4) is 0 Å². The highest BCUT2D eigenvalue weighted by molar-refractivity contribution is 8.01. The SMILES string of the molecule is C[n+]1cccc(C(=O)OCOC(=O)C2N3C(=O)[C@@H](NC(=O)Cc4ccccc4)[C@H]3SC2(C)C)c1.[I-]. The largest absolute Gasteiger partial charge is 1.00 e. The summed E-state index contributed by atoms with van der Waals surface area (Å²) in [5.74, 6) is -1.87. The van der Waals surface area contributed by atoms with Gasteiger partial charge in [0.25, 0.3) is 0 Å². The highest BCUT2D eigenvalue weighted by atomic mass is 127. The third-order valence-corrected chi connectivity index (χ3v) is 7.33. The van der Waals surface area contributed by atoms with Crippen LogP contribution in [0.15, 0.2) is 54.9 Å². The maximum Gasteiger partial charge on any atom is 0.347 e. The maximum atomic E-state index is 12.8. The Morgan fingerprint density at radius 1 is 1.11 bits per heavy atom. The number of benzene rings is 1. The number of carbonyl (C=O) groups excluding carboxylic acids is 4. The molecule has 4 rings (SSSR count). The van der Waals surface area contributed by atoms with Gasteiger partial charge in [0.15, 0.2) is 12.4 Å². The van der Waals surface area contributed by atoms with Crippen LogP contribution in [0.1, 0.15) is 29.8 Å². The van der Waals surface area contributed by atoms with E-state index in [1.165, 1.54) is 16.7 Å². The van der Waals surface area contributed by atoms with E-state index in [1.54, 1.807) is 36.1 Å². The molecule has 11 heteroatoms. The smallest absolute Gasteiger partial charge is 0.347 e. The van der Waals surface area contributed by atoms with E-state index < -0.39 is 35.6 Å². The summed E-state index contributed by atoms with van der Waals surface area (Å²) in [5, 5.41) is 2.42. The number of ether oxygens (including phenoxy) is 2. The second-order valence-corrected chi connectivity index (χ2v) is 10.5. The molecular weight excluding hydrogens is 585 g/mol. The molecule has 35 heavy (non-hydrogen) atoms. The second-order valence-electron chi connectivity index (χ2n) is 8.74. The van der Waals surface area contributed by atoms with Crippen LogP contribution in [0.5, 0.6) is 0 Å². The lowest BCUT2D eigenvalue weighted by Crippen LogP contribution is -3.00. The van der Waals surface area contributed by atoms with Gasteiger partial charge in [-0.2, -0.15) is 0 Å². The molecule has 0 bridgehead atoms. The van der Waals surface area contributed by atoms with Gasteiger partial charge in [0.2, 0.25) is 18.6 Å². The van der Waals surface area contributed by atoms with Gasteiger partial charge in [0.05, 0.1) is 6.42 Å². The molecule has 1 N–H and O–H groups in total. The van der Waals surface area contributed by atoms with E-state index in [1.807, 2.05) is 44.2 Å². The molecule has 3 heterocycles. The normalized spacial score (nSPS) is 21.7. The van der Waals surface area contributed by atoms with E-state index in [0.717, 1.165) is 5.56 Å². The number of amides is 2. The third kappa shape index (κ3) is 5.77. The van der Waals surface area contributed by atoms with Crippen molar-refractivity contribution < 1.29 is 57.2 Å². The van der Waals surface area contributed by atoms with Gasteiger partial charge >= 0.3 is 11.9 Å². The van der Waals surface area contributed by atoms with Crippen molar-refractivity contribution in [3.63, 3.8) is 0 Å². The Hall–Kier alpha value is -2.67. The van der Waals surface area contributed by atoms with Crippen LogP contribution in [0.4, 0.5) is 0 Å². The monoisotopic (exact) mass is 611 g/mol. The molecule has 1 aromatic carbocycles. The van der Waals surface area contributed by atoms with Gasteiger partial charge in [-0.3, -0.25) is 9.59 Å². The summed E-state index contributed by atoms with van der Waals surface area (Å²) in [6.45, 7) is 3.12. The third-order valence-electron chi connectivity index (χ3n) is 5.75. The molecule has 3 atom stereocenters. The minimum absolute atomic E-state index is 0. The number of hydrogen-bond donors (Lipinski definition) is 1. The van der Waals surface area contributed by atoms with Crippen LogP contribution in [0.3, 0.4) is 0 Å². The molecule has 0 radical (unpaired) electrons. The Labute approximate surface area is 224 Å². The Morgan fingerprint density at radius 3 is 2.51 bits per heavy atom. The van der Waals surface area contributed by atoms with Gasteiger partial charge in [-0.25, -0.2) is 14.2 Å². The van der Waals surface area contributed by atoms with Crippen molar-refractivity contribution in [2.45, 2.75) is 42.5 Å². The van der Waals surface area contributed by atoms with Gasteiger partial charge in [-0.1, -0.05) is 30.3 Å². The fourth-order valence-electron chi connectivity index (χ4n) is 4.14. The summed E-state index contributed by atoms with van der Waals surface area (Å²) in [6, 6.07) is 11.0. The van der Waals surface area contributed by atoms with Crippen LogP contribution < -0.4 is 33.9 Å². The lowest BCUT2D eigenvalue weighted by Gasteiger charge is -2.43. The molecule has 0 aliphatic carbocycles. The molecule has 0 spiro atoms. The van der Waals surface area contributed by atoms with Crippen molar-refractivity contribution in [1.82, 2.24) is 10.2 Å². The molecule has 9 nitrogen and oxygen atoms in total. The molecule has 2 aliphatic heterocycles. The van der Waals surface area contributed by atoms with Crippen LogP contribution in [0.25, 0.3) is 0 Å². The predicted molar refractivity (Wildman–Crippen MR) is 122 cm³/mol. The Balaban J connectivity index is 0.00000342. The molecule has 2 aliphatic rings. The standard InChI is InChI=1S/C24H25N3O6S.HI/c1-24(2)19(23(31)33-14-32-22(30)16-10-7-11-26(3)13-16)27-20(29)18(21(27)34-24)25-17(28)12-15-8-5-4-6-9-15;/h4-11,13,18-19,21H,12,14H2,1-3H3;1H/t18-,19?,21-;/m1./s1. The lowest BCUT2D eigenvalue weighted by atomic mass is 9.96. The first-order valence-electron chi connectivity index (χ1n) is 10.8. The topological polar surface area (TPSA) is 106 Å². The summed E-state index contributed by atoms with van der Waals surface area (Å²) < 4.78 is 11.3. The minimum Gasteiger partial charge on any atom is -1.00 e. The summed E-state index contributed by atoms with van der Waals surface area (Å²) in [5.41, 5.74) is 1.17. The van der Waals surface area contributed by atoms with Crippen LogP contribution >= 0.6 is 11.8 Å². The van der Waals surface area contributed by atoms with Crippen molar-refractivity contribution >= 4 is 35.5 Å². The van der Waals surface area contributed by atoms with Crippen LogP contribution in [-0.2, 0) is 37.3 Å². The number of thioether (sulfide) groups is 1. The van der Waals surface area contributed by atoms with E-state index in [9.17, 15) is 19.2 Å². The Morgan fingerprint density at radius 2 is 1.83 bits per heavy atom. The maximum absolute atomic E-state index is 12.8. The number of pyridine rings is 1. The number of nitrogens with zero attached hydrogens (tertiary/aromatic N) is 2. The number of fused-ring (bicyclic) bond motifs is 1. The number of halogens is 1. The summed E-state index contributed by atoms with van der Waals surface area (Å²) >= 11 is 1.43. The highest BCUT2D eigenvalue weighted by Gasteiger charge is 2.64. The first-order chi connectivity index (χ1) is 16.2. The number of hydrogen-bond acceptors (Lipinski definition) is 7. The van der Waals surface area contributed by atoms with Crippen LogP contribution in [0.2, 0.25) is 0 Å². The molecule has 2 fully saturated rings. The molecule has 2 saturated heterocycles. The molecule has 2 aromatic rings. The van der Waals surface area contributed by atoms with Gasteiger partial charge < -0.3 is 43.7 Å². The number of aryl methyl sites for hydroxylation is 1. The highest BCUT2D eigenvalue weighted by Crippen LogP contribution is 2.51. The van der Waals surface area contributed by atoms with E-state index >= 15 is 0 Å². The molecule has 2 amide bonds. The van der Waals surface area contributed by atoms with Gasteiger partial charge in [-0.05, 0) is 25.5 Å². The van der Waals surface area contributed by atoms with Crippen molar-refractivity contribution in [2.75, 3.05) is 6.79 Å². The zero-order valence-corrected chi connectivity index (χ0v) is 22.4. The molecule has 1 unspecified atom stereocenters. The Kier molecular flexibility index (Phi) is 8.42. The van der Waals surface area contributed by atoms with Crippen molar-refractivity contribution in [3.05, 3.63) is 66.0 Å². The number of β-lactam (4-membered cyclic amide) rings is 1. The fourth-order valence-corrected chi connectivity index (χ4v) is 5.76. The average molecular weight is 611 g/mol. The van der Waals surface area contributed by atoms with E-state index in [0.29, 0.717) is 5.56 Å². The van der Waals surface area contributed by atoms with E-state index in [-0.39, 0.29) is 47.6 Å². The number of esters is 2. The lowest BCUT2D eigenvalue weighted by molar-refractivity contribution is -0.671. The number of rotatable bonds is 7. The number of nitrogens with one attached hydrogen (secondary N) is 1. The molecule has 1 aromatic heterocycles. The first-order valence-corrected chi connectivity index (χ1v) is 11.7. The summed E-state index contributed by atoms with van der Waals surface area (Å²) in [6.07, 6.45) is 3.53. The van der Waals surface area contributed by atoms with E-state index in [2.05, 4.69) is 5.32 Å². The zero-order chi connectivity index (χ0) is 24.5. The summed E-state index contributed by atoms with van der Waals surface area (Å²) in [4.78, 5) is 51.7. The molecule has 0 saturated carbocycles. The first kappa shape index (κ1) is 26.9. The zero-order valence-electron chi connectivity index (χ0n) is 19.5. The van der Waals surface area contributed by atoms with Crippen molar-refractivity contribution in [2.24, 2.45) is 7.05 Å². The quantitative estimate of drug-likeness (QED) is 0.127. The van der Waals surface area contributed by atoms with Crippen LogP contribution in [0, 0.1) is 0 Å². The second kappa shape index (κ2) is 10.9. The van der Waals surface area contributed by atoms with Gasteiger partial charge in [0, 0.05) is 10.8 Å². The van der Waals surface area contributed by atoms with Gasteiger partial charge in [0.1, 0.15) is 30.1 Å². The van der Waals surface area contributed by atoms with Crippen molar-refractivity contribution in [1.29, 1.82) is 0 Å². The van der Waals surface area contributed by atoms with Crippen LogP contribution in [-0.4, -0.2) is 57.7 Å². The molecule has 186 valence electrons. The fraction of sp³-hybridized carbons (Fsp3) is 0.375. The minimum atomic E-state index is -0.856. The number of aromatic nitrogens is 1. The van der Waals surface area contributed by atoms with E-state index in [4.69, 9.17) is 9.47 Å². The summed E-state index contributed by atoms with van der Waals surface area (Å²) in [7, 11) is 1.77. The molecular formula is C24H26IN3O6S. The average Bonchev–Trinajstić information content (AvgIpc) is 3.05. The number of carbonyl (C=O) groups is 4. The Bertz CT molecular complexity index is 1130. The van der Waals surface area contributed by atoms with Gasteiger partial charge in [-0.15, -0.1) is 11.8 Å². The predicted octanol–water partition coefficient (Wildman–Crippen LogP) is -2.04.